The second-order valence-electron chi connectivity index (χ2n) is 4.16. The Morgan fingerprint density at radius 1 is 1.38 bits per heavy atom. The van der Waals surface area contributed by atoms with Gasteiger partial charge in [0.25, 0.3) is 0 Å². The van der Waals surface area contributed by atoms with E-state index < -0.39 is 4.92 Å². The molecule has 0 saturated heterocycles. The predicted molar refractivity (Wildman–Crippen MR) is 79.3 cm³/mol. The minimum absolute atomic E-state index is 0.166. The van der Waals surface area contributed by atoms with Gasteiger partial charge in [0, 0.05) is 25.8 Å². The fourth-order valence-electron chi connectivity index (χ4n) is 1.91. The average Bonchev–Trinajstić information content (AvgIpc) is 2.53. The number of nitrogens with one attached hydrogen (secondary N) is 1. The maximum Gasteiger partial charge on any atom is 0.353 e. The molecule has 0 fully saturated rings. The number of methoxy groups -OCH3 is 1. The van der Waals surface area contributed by atoms with Crippen molar-refractivity contribution in [2.45, 2.75) is 0 Å². The highest BCUT2D eigenvalue weighted by Crippen LogP contribution is 2.35. The molecule has 1 aromatic carbocycles. The van der Waals surface area contributed by atoms with Gasteiger partial charge in [-0.3, -0.25) is 10.1 Å². The molecule has 0 atom stereocenters. The van der Waals surface area contributed by atoms with Crippen LogP contribution >= 0.6 is 0 Å². The Hall–Kier alpha value is -2.90. The zero-order chi connectivity index (χ0) is 15.4. The zero-order valence-electron chi connectivity index (χ0n) is 11.9. The van der Waals surface area contributed by atoms with Gasteiger partial charge < -0.3 is 15.0 Å². The number of hydrogen-bond donors (Lipinski definition) is 1. The third-order valence-corrected chi connectivity index (χ3v) is 2.98. The van der Waals surface area contributed by atoms with E-state index >= 15 is 0 Å². The first kappa shape index (κ1) is 14.5. The van der Waals surface area contributed by atoms with E-state index in [4.69, 9.17) is 4.74 Å². The van der Waals surface area contributed by atoms with Crippen molar-refractivity contribution in [1.82, 2.24) is 9.97 Å². The summed E-state index contributed by atoms with van der Waals surface area (Å²) in [6, 6.07) is 7.18. The lowest BCUT2D eigenvalue weighted by atomic mass is 10.2. The highest BCUT2D eigenvalue weighted by Gasteiger charge is 2.25. The molecular formula is C13H15N5O3. The van der Waals surface area contributed by atoms with Crippen molar-refractivity contribution in [3.8, 4) is 5.75 Å². The van der Waals surface area contributed by atoms with E-state index in [1.54, 1.807) is 44.3 Å². The fraction of sp³-hybridized carbons (Fsp3) is 0.231. The van der Waals surface area contributed by atoms with Crippen LogP contribution in [0, 0.1) is 10.1 Å². The van der Waals surface area contributed by atoms with Crippen molar-refractivity contribution in [3.05, 3.63) is 40.7 Å². The van der Waals surface area contributed by atoms with Gasteiger partial charge in [-0.15, -0.1) is 0 Å². The molecule has 21 heavy (non-hydrogen) atoms. The third-order valence-electron chi connectivity index (χ3n) is 2.98. The Balaban J connectivity index is 2.52. The van der Waals surface area contributed by atoms with Crippen LogP contribution in [0.1, 0.15) is 0 Å². The van der Waals surface area contributed by atoms with E-state index in [1.807, 2.05) is 6.07 Å². The van der Waals surface area contributed by atoms with Gasteiger partial charge in [0.1, 0.15) is 12.1 Å². The summed E-state index contributed by atoms with van der Waals surface area (Å²) in [7, 11) is 4.83. The van der Waals surface area contributed by atoms with Crippen molar-refractivity contribution >= 4 is 23.0 Å². The lowest BCUT2D eigenvalue weighted by Gasteiger charge is -2.19. The molecule has 0 spiro atoms. The van der Waals surface area contributed by atoms with Crippen LogP contribution in [-0.2, 0) is 0 Å². The second-order valence-corrected chi connectivity index (χ2v) is 4.16. The van der Waals surface area contributed by atoms with E-state index in [0.29, 0.717) is 5.75 Å². The molecule has 1 N–H and O–H groups in total. The molecule has 8 heteroatoms. The summed E-state index contributed by atoms with van der Waals surface area (Å²) in [5, 5.41) is 14.0. The number of ether oxygens (including phenoxy) is 1. The predicted octanol–water partition coefficient (Wildman–Crippen LogP) is 2.20. The maximum absolute atomic E-state index is 11.3. The Kier molecular flexibility index (Phi) is 4.17. The summed E-state index contributed by atoms with van der Waals surface area (Å²) in [5.41, 5.74) is 0.545. The summed E-state index contributed by atoms with van der Waals surface area (Å²) in [6.45, 7) is 0. The molecule has 1 aromatic heterocycles. The largest absolute Gasteiger partial charge is 0.497 e. The molecule has 2 rings (SSSR count). The van der Waals surface area contributed by atoms with Crippen molar-refractivity contribution < 1.29 is 9.66 Å². The number of hydrogen-bond acceptors (Lipinski definition) is 7. The highest BCUT2D eigenvalue weighted by molar-refractivity contribution is 5.75. The smallest absolute Gasteiger partial charge is 0.353 e. The molecule has 0 aliphatic carbocycles. The van der Waals surface area contributed by atoms with E-state index in [-0.39, 0.29) is 17.3 Å². The number of aromatic nitrogens is 2. The van der Waals surface area contributed by atoms with Gasteiger partial charge in [-0.25, -0.2) is 9.97 Å². The molecule has 0 unspecified atom stereocenters. The summed E-state index contributed by atoms with van der Waals surface area (Å²) in [5.74, 6) is 1.03. The molecule has 0 bridgehead atoms. The number of nitro groups is 1. The van der Waals surface area contributed by atoms with Gasteiger partial charge in [-0.2, -0.15) is 0 Å². The number of nitrogens with zero attached hydrogens (tertiary/aromatic N) is 4. The molecule has 0 aliphatic heterocycles. The molecule has 0 radical (unpaired) electrons. The lowest BCUT2D eigenvalue weighted by Crippen LogP contribution is -2.15. The SMILES string of the molecule is CNc1ncnc(N(C)c2cccc(OC)c2)c1[N+](=O)[O-]. The molecule has 1 heterocycles. The molecule has 0 amide bonds. The number of benzene rings is 1. The molecule has 2 aromatic rings. The van der Waals surface area contributed by atoms with E-state index in [1.165, 1.54) is 6.33 Å². The molecule has 0 saturated carbocycles. The quantitative estimate of drug-likeness (QED) is 0.666. The van der Waals surface area contributed by atoms with Crippen molar-refractivity contribution in [3.63, 3.8) is 0 Å². The first-order valence-electron chi connectivity index (χ1n) is 6.13. The first-order valence-corrected chi connectivity index (χ1v) is 6.13. The summed E-state index contributed by atoms with van der Waals surface area (Å²) >= 11 is 0. The van der Waals surface area contributed by atoms with E-state index in [9.17, 15) is 10.1 Å². The standard InChI is InChI=1S/C13H15N5O3/c1-14-12-11(18(19)20)13(16-8-15-12)17(2)9-5-4-6-10(7-9)21-3/h4-8H,1-3H3,(H,14,15,16). The minimum atomic E-state index is -0.502. The number of rotatable bonds is 5. The van der Waals surface area contributed by atoms with Crippen LogP contribution in [0.3, 0.4) is 0 Å². The Morgan fingerprint density at radius 3 is 2.76 bits per heavy atom. The van der Waals surface area contributed by atoms with Gasteiger partial charge in [0.15, 0.2) is 0 Å². The summed E-state index contributed by atoms with van der Waals surface area (Å²) < 4.78 is 5.16. The van der Waals surface area contributed by atoms with Crippen LogP contribution in [0.4, 0.5) is 23.0 Å². The van der Waals surface area contributed by atoms with Crippen LogP contribution in [0.5, 0.6) is 5.75 Å². The normalized spacial score (nSPS) is 10.0. The molecule has 0 aliphatic rings. The maximum atomic E-state index is 11.3. The van der Waals surface area contributed by atoms with Crippen molar-refractivity contribution in [1.29, 1.82) is 0 Å². The molecular weight excluding hydrogens is 274 g/mol. The Labute approximate surface area is 121 Å². The van der Waals surface area contributed by atoms with E-state index in [2.05, 4.69) is 15.3 Å². The first-order chi connectivity index (χ1) is 10.1. The van der Waals surface area contributed by atoms with Crippen LogP contribution in [-0.4, -0.2) is 36.1 Å². The molecule has 110 valence electrons. The van der Waals surface area contributed by atoms with Gasteiger partial charge in [0.2, 0.25) is 11.6 Å². The zero-order valence-corrected chi connectivity index (χ0v) is 11.9. The topological polar surface area (TPSA) is 93.4 Å². The van der Waals surface area contributed by atoms with Crippen molar-refractivity contribution in [2.75, 3.05) is 31.4 Å². The van der Waals surface area contributed by atoms with Gasteiger partial charge in [-0.1, -0.05) is 6.07 Å². The summed E-state index contributed by atoms with van der Waals surface area (Å²) in [6.07, 6.45) is 1.28. The van der Waals surface area contributed by atoms with E-state index in [0.717, 1.165) is 5.69 Å². The summed E-state index contributed by atoms with van der Waals surface area (Å²) in [4.78, 5) is 20.3. The monoisotopic (exact) mass is 289 g/mol. The fourth-order valence-corrected chi connectivity index (χ4v) is 1.91. The van der Waals surface area contributed by atoms with Crippen molar-refractivity contribution in [2.24, 2.45) is 0 Å². The van der Waals surface area contributed by atoms with Gasteiger partial charge >= 0.3 is 5.69 Å². The number of anilines is 3. The van der Waals surface area contributed by atoms with Crippen LogP contribution < -0.4 is 15.0 Å². The lowest BCUT2D eigenvalue weighted by molar-refractivity contribution is -0.383. The van der Waals surface area contributed by atoms with Crippen LogP contribution in [0.25, 0.3) is 0 Å². The molecule has 8 nitrogen and oxygen atoms in total. The van der Waals surface area contributed by atoms with Gasteiger partial charge in [0.05, 0.1) is 12.0 Å². The Bertz CT molecular complexity index is 662. The van der Waals surface area contributed by atoms with Crippen LogP contribution in [0.15, 0.2) is 30.6 Å². The van der Waals surface area contributed by atoms with Crippen LogP contribution in [0.2, 0.25) is 0 Å². The highest BCUT2D eigenvalue weighted by atomic mass is 16.6. The average molecular weight is 289 g/mol. The second kappa shape index (κ2) is 6.04. The third kappa shape index (κ3) is 2.83. The minimum Gasteiger partial charge on any atom is -0.497 e. The Morgan fingerprint density at radius 2 is 2.14 bits per heavy atom. The van der Waals surface area contributed by atoms with Gasteiger partial charge in [-0.05, 0) is 12.1 Å².